The number of unbranched alkanes of at least 4 members (excludes halogenated alkanes) is 6. The molecule has 0 aliphatic heterocycles. The fourth-order valence-electron chi connectivity index (χ4n) is 4.19. The third kappa shape index (κ3) is 6.59. The number of rotatable bonds is 9. The first-order valence-corrected chi connectivity index (χ1v) is 10.3. The van der Waals surface area contributed by atoms with E-state index in [1.165, 1.54) is 57.4 Å². The van der Waals surface area contributed by atoms with E-state index in [0.29, 0.717) is 17.5 Å². The molecule has 0 radical (unpaired) electrons. The normalized spacial score (nSPS) is 21.1. The predicted octanol–water partition coefficient (Wildman–Crippen LogP) is 8.26. The maximum atomic E-state index is 14.1. The summed E-state index contributed by atoms with van der Waals surface area (Å²) in [6.07, 6.45) is 9.90. The van der Waals surface area contributed by atoms with Crippen LogP contribution >= 0.6 is 0 Å². The smallest absolute Gasteiger partial charge is 0.207 e. The number of hydrogen-bond donors (Lipinski definition) is 0. The van der Waals surface area contributed by atoms with E-state index in [4.69, 9.17) is 0 Å². The summed E-state index contributed by atoms with van der Waals surface area (Å²) in [6, 6.07) is 3.02. The number of alkyl halides is 3. The van der Waals surface area contributed by atoms with Crippen LogP contribution in [0.2, 0.25) is 0 Å². The molecule has 0 bridgehead atoms. The van der Waals surface area contributed by atoms with Crippen molar-refractivity contribution >= 4 is 0 Å². The van der Waals surface area contributed by atoms with Crippen LogP contribution in [0.4, 0.5) is 17.6 Å². The van der Waals surface area contributed by atoms with Gasteiger partial charge in [0.05, 0.1) is 5.56 Å². The molecule has 0 aromatic heterocycles. The molecule has 26 heavy (non-hydrogen) atoms. The lowest BCUT2D eigenvalue weighted by atomic mass is 9.76. The third-order valence-corrected chi connectivity index (χ3v) is 5.83. The summed E-state index contributed by atoms with van der Waals surface area (Å²) >= 11 is 0. The molecule has 0 nitrogen and oxygen atoms in total. The van der Waals surface area contributed by atoms with Gasteiger partial charge in [-0.2, -0.15) is 13.2 Å². The topological polar surface area (TPSA) is 0 Å². The van der Waals surface area contributed by atoms with Crippen molar-refractivity contribution in [3.8, 4) is 0 Å². The highest BCUT2D eigenvalue weighted by atomic mass is 19.4. The van der Waals surface area contributed by atoms with Gasteiger partial charge in [0.15, 0.2) is 0 Å². The first kappa shape index (κ1) is 21.2. The van der Waals surface area contributed by atoms with Crippen molar-refractivity contribution in [2.45, 2.75) is 96.1 Å². The molecule has 2 rings (SSSR count). The maximum Gasteiger partial charge on any atom is 0.416 e. The highest BCUT2D eigenvalue weighted by Gasteiger charge is 2.32. The van der Waals surface area contributed by atoms with E-state index >= 15 is 0 Å². The molecular weight excluding hydrogens is 340 g/mol. The average molecular weight is 372 g/mol. The highest BCUT2D eigenvalue weighted by Crippen LogP contribution is 2.40. The SMILES string of the molecule is CCCCCCCCCC1CCC(c2ccc(C(F)(F)F)cc2F)CC1. The summed E-state index contributed by atoms with van der Waals surface area (Å²) < 4.78 is 52.1. The van der Waals surface area contributed by atoms with Gasteiger partial charge >= 0.3 is 6.18 Å². The Hall–Kier alpha value is -1.06. The van der Waals surface area contributed by atoms with Crippen molar-refractivity contribution in [1.29, 1.82) is 0 Å². The van der Waals surface area contributed by atoms with E-state index in [1.54, 1.807) is 0 Å². The van der Waals surface area contributed by atoms with Crippen LogP contribution in [0.25, 0.3) is 0 Å². The quantitative estimate of drug-likeness (QED) is 0.302. The zero-order valence-corrected chi connectivity index (χ0v) is 15.9. The van der Waals surface area contributed by atoms with Gasteiger partial charge in [0.1, 0.15) is 5.82 Å². The van der Waals surface area contributed by atoms with E-state index in [0.717, 1.165) is 31.7 Å². The lowest BCUT2D eigenvalue weighted by molar-refractivity contribution is -0.137. The monoisotopic (exact) mass is 372 g/mol. The average Bonchev–Trinajstić information content (AvgIpc) is 2.61. The Morgan fingerprint density at radius 1 is 0.885 bits per heavy atom. The third-order valence-electron chi connectivity index (χ3n) is 5.83. The minimum atomic E-state index is -4.48. The molecule has 1 aliphatic rings. The second-order valence-corrected chi connectivity index (χ2v) is 7.86. The minimum absolute atomic E-state index is 0.0718. The van der Waals surface area contributed by atoms with Crippen molar-refractivity contribution in [3.05, 3.63) is 35.1 Å². The Morgan fingerprint density at radius 3 is 2.08 bits per heavy atom. The molecule has 1 aromatic rings. The first-order chi connectivity index (χ1) is 12.4. The molecule has 0 saturated heterocycles. The first-order valence-electron chi connectivity index (χ1n) is 10.3. The van der Waals surface area contributed by atoms with Crippen molar-refractivity contribution in [1.82, 2.24) is 0 Å². The van der Waals surface area contributed by atoms with Crippen molar-refractivity contribution < 1.29 is 17.6 Å². The van der Waals surface area contributed by atoms with Crippen LogP contribution in [-0.4, -0.2) is 0 Å². The summed E-state index contributed by atoms with van der Waals surface area (Å²) in [5.74, 6) is 0.0809. The van der Waals surface area contributed by atoms with Crippen LogP contribution in [-0.2, 0) is 6.18 Å². The number of hydrogen-bond acceptors (Lipinski definition) is 0. The molecule has 0 N–H and O–H groups in total. The molecule has 4 heteroatoms. The van der Waals surface area contributed by atoms with Gasteiger partial charge in [-0.25, -0.2) is 4.39 Å². The summed E-state index contributed by atoms with van der Waals surface area (Å²) in [5, 5.41) is 0. The fraction of sp³-hybridized carbons (Fsp3) is 0.727. The Kier molecular flexibility index (Phi) is 8.43. The van der Waals surface area contributed by atoms with Crippen LogP contribution in [0.1, 0.15) is 101 Å². The maximum absolute atomic E-state index is 14.1. The second-order valence-electron chi connectivity index (χ2n) is 7.86. The molecule has 1 saturated carbocycles. The molecule has 0 heterocycles. The van der Waals surface area contributed by atoms with Gasteiger partial charge in [0, 0.05) is 0 Å². The van der Waals surface area contributed by atoms with Gasteiger partial charge in [-0.3, -0.25) is 0 Å². The molecule has 0 amide bonds. The largest absolute Gasteiger partial charge is 0.416 e. The summed E-state index contributed by atoms with van der Waals surface area (Å²) in [5.41, 5.74) is -0.432. The van der Waals surface area contributed by atoms with Gasteiger partial charge in [-0.15, -0.1) is 0 Å². The standard InChI is InChI=1S/C22H32F4/c1-2-3-4-5-6-7-8-9-17-10-12-18(13-11-17)20-15-14-19(16-21(20)23)22(24,25)26/h14-18H,2-13H2,1H3. The summed E-state index contributed by atoms with van der Waals surface area (Å²) in [7, 11) is 0. The van der Waals surface area contributed by atoms with Gasteiger partial charge in [-0.05, 0) is 55.2 Å². The summed E-state index contributed by atoms with van der Waals surface area (Å²) in [4.78, 5) is 0. The van der Waals surface area contributed by atoms with E-state index in [9.17, 15) is 17.6 Å². The molecule has 1 fully saturated rings. The van der Waals surface area contributed by atoms with E-state index in [-0.39, 0.29) is 5.92 Å². The fourth-order valence-corrected chi connectivity index (χ4v) is 4.19. The molecule has 0 atom stereocenters. The van der Waals surface area contributed by atoms with E-state index < -0.39 is 17.6 Å². The predicted molar refractivity (Wildman–Crippen MR) is 98.7 cm³/mol. The van der Waals surface area contributed by atoms with Crippen LogP contribution in [0.15, 0.2) is 18.2 Å². The Labute approximate surface area is 155 Å². The zero-order valence-electron chi connectivity index (χ0n) is 15.9. The van der Waals surface area contributed by atoms with Crippen LogP contribution in [0.3, 0.4) is 0 Å². The Bertz CT molecular complexity index is 527. The molecule has 0 unspecified atom stereocenters. The van der Waals surface area contributed by atoms with Crippen LogP contribution < -0.4 is 0 Å². The number of halogens is 4. The molecule has 148 valence electrons. The van der Waals surface area contributed by atoms with Gasteiger partial charge in [-0.1, -0.05) is 64.4 Å². The molecular formula is C22H32F4. The molecule has 0 spiro atoms. The van der Waals surface area contributed by atoms with Gasteiger partial charge in [0.25, 0.3) is 0 Å². The zero-order chi connectivity index (χ0) is 19.0. The van der Waals surface area contributed by atoms with Crippen molar-refractivity contribution in [2.24, 2.45) is 5.92 Å². The van der Waals surface area contributed by atoms with E-state index in [2.05, 4.69) is 6.92 Å². The van der Waals surface area contributed by atoms with Crippen LogP contribution in [0.5, 0.6) is 0 Å². The van der Waals surface area contributed by atoms with Crippen molar-refractivity contribution in [3.63, 3.8) is 0 Å². The van der Waals surface area contributed by atoms with Gasteiger partial charge in [0.2, 0.25) is 0 Å². The summed E-state index contributed by atoms with van der Waals surface area (Å²) in [6.45, 7) is 2.23. The van der Waals surface area contributed by atoms with E-state index in [1.807, 2.05) is 0 Å². The Balaban J connectivity index is 1.71. The Morgan fingerprint density at radius 2 is 1.50 bits per heavy atom. The van der Waals surface area contributed by atoms with Crippen LogP contribution in [0, 0.1) is 11.7 Å². The van der Waals surface area contributed by atoms with Gasteiger partial charge < -0.3 is 0 Å². The highest BCUT2D eigenvalue weighted by molar-refractivity contribution is 5.29. The van der Waals surface area contributed by atoms with Crippen molar-refractivity contribution in [2.75, 3.05) is 0 Å². The molecule has 1 aromatic carbocycles. The lowest BCUT2D eigenvalue weighted by Gasteiger charge is -2.29. The molecule has 1 aliphatic carbocycles. The second kappa shape index (κ2) is 10.3. The minimum Gasteiger partial charge on any atom is -0.207 e. The lowest BCUT2D eigenvalue weighted by Crippen LogP contribution is -2.15. The number of benzene rings is 1.